The van der Waals surface area contributed by atoms with Crippen LogP contribution in [0.3, 0.4) is 0 Å². The van der Waals surface area contributed by atoms with Gasteiger partial charge in [0.05, 0.1) is 18.7 Å². The number of nitrogens with zero attached hydrogens (tertiary/aromatic N) is 3. The minimum absolute atomic E-state index is 0.316. The van der Waals surface area contributed by atoms with Gasteiger partial charge in [0.1, 0.15) is 11.1 Å². The van der Waals surface area contributed by atoms with Gasteiger partial charge in [0.15, 0.2) is 11.0 Å². The molecule has 27 heavy (non-hydrogen) atoms. The van der Waals surface area contributed by atoms with Crippen LogP contribution in [-0.4, -0.2) is 32.6 Å². The normalized spacial score (nSPS) is 12.0. The van der Waals surface area contributed by atoms with Crippen LogP contribution < -0.4 is 0 Å². The molecule has 7 heteroatoms. The monoisotopic (exact) mass is 385 g/mol. The third-order valence-corrected chi connectivity index (χ3v) is 4.97. The van der Waals surface area contributed by atoms with Gasteiger partial charge in [-0.25, -0.2) is 4.39 Å². The molecule has 0 aliphatic rings. The highest BCUT2D eigenvalue weighted by atomic mass is 32.2. The number of carbonyl (C=O) groups is 1. The number of esters is 1. The number of hydrogen-bond donors (Lipinski definition) is 0. The van der Waals surface area contributed by atoms with Gasteiger partial charge in [0, 0.05) is 0 Å². The smallest absolute Gasteiger partial charge is 0.319 e. The molecule has 1 heterocycles. The van der Waals surface area contributed by atoms with Crippen molar-refractivity contribution in [2.24, 2.45) is 0 Å². The van der Waals surface area contributed by atoms with Crippen LogP contribution in [0.1, 0.15) is 19.4 Å². The zero-order valence-corrected chi connectivity index (χ0v) is 15.9. The standard InChI is InChI=1S/C20H20FN3O2S/c1-3-26-19(25)14(2)27-20-23-22-18(16-11-7-8-12-17(16)21)24(20)13-15-9-5-4-6-10-15/h4-12,14H,3,13H2,1-2H3. The zero-order valence-electron chi connectivity index (χ0n) is 15.1. The molecule has 0 bridgehead atoms. The maximum atomic E-state index is 14.3. The van der Waals surface area contributed by atoms with Crippen molar-refractivity contribution in [3.05, 3.63) is 66.0 Å². The summed E-state index contributed by atoms with van der Waals surface area (Å²) < 4.78 is 21.2. The van der Waals surface area contributed by atoms with E-state index in [-0.39, 0.29) is 11.8 Å². The third-order valence-electron chi connectivity index (χ3n) is 3.92. The van der Waals surface area contributed by atoms with Gasteiger partial charge < -0.3 is 4.74 Å². The number of ether oxygens (including phenoxy) is 1. The molecule has 1 unspecified atom stereocenters. The van der Waals surface area contributed by atoms with Crippen LogP contribution in [-0.2, 0) is 16.1 Å². The molecular formula is C20H20FN3O2S. The van der Waals surface area contributed by atoms with Crippen LogP contribution >= 0.6 is 11.8 Å². The average Bonchev–Trinajstić information content (AvgIpc) is 3.05. The van der Waals surface area contributed by atoms with E-state index < -0.39 is 5.25 Å². The Balaban J connectivity index is 1.98. The van der Waals surface area contributed by atoms with Crippen LogP contribution in [0.2, 0.25) is 0 Å². The Kier molecular flexibility index (Phi) is 6.24. The first kappa shape index (κ1) is 19.1. The molecule has 1 atom stereocenters. The summed E-state index contributed by atoms with van der Waals surface area (Å²) in [6, 6.07) is 16.2. The van der Waals surface area contributed by atoms with E-state index in [1.165, 1.54) is 17.8 Å². The lowest BCUT2D eigenvalue weighted by Gasteiger charge is -2.13. The molecule has 3 rings (SSSR count). The number of thioether (sulfide) groups is 1. The molecule has 1 aromatic heterocycles. The van der Waals surface area contributed by atoms with E-state index in [2.05, 4.69) is 10.2 Å². The summed E-state index contributed by atoms with van der Waals surface area (Å²) in [5, 5.41) is 8.51. The van der Waals surface area contributed by atoms with E-state index >= 15 is 0 Å². The Hall–Kier alpha value is -2.67. The molecule has 0 radical (unpaired) electrons. The van der Waals surface area contributed by atoms with Crippen molar-refractivity contribution < 1.29 is 13.9 Å². The third kappa shape index (κ3) is 4.54. The summed E-state index contributed by atoms with van der Waals surface area (Å²) in [6.07, 6.45) is 0. The Bertz CT molecular complexity index is 915. The lowest BCUT2D eigenvalue weighted by Crippen LogP contribution is -2.17. The molecule has 0 amide bonds. The van der Waals surface area contributed by atoms with Crippen molar-refractivity contribution in [3.8, 4) is 11.4 Å². The Morgan fingerprint density at radius 2 is 1.85 bits per heavy atom. The molecule has 0 saturated carbocycles. The molecule has 2 aromatic carbocycles. The molecule has 0 fully saturated rings. The highest BCUT2D eigenvalue weighted by Crippen LogP contribution is 2.29. The van der Waals surface area contributed by atoms with Crippen molar-refractivity contribution in [2.45, 2.75) is 30.8 Å². The molecule has 0 aliphatic heterocycles. The molecular weight excluding hydrogens is 365 g/mol. The van der Waals surface area contributed by atoms with Crippen LogP contribution in [0, 0.1) is 5.82 Å². The maximum Gasteiger partial charge on any atom is 0.319 e. The van der Waals surface area contributed by atoms with Crippen LogP contribution in [0.4, 0.5) is 4.39 Å². The van der Waals surface area contributed by atoms with E-state index in [4.69, 9.17) is 4.74 Å². The van der Waals surface area contributed by atoms with Crippen molar-refractivity contribution in [1.29, 1.82) is 0 Å². The molecule has 0 aliphatic carbocycles. The van der Waals surface area contributed by atoms with Gasteiger partial charge in [-0.2, -0.15) is 0 Å². The average molecular weight is 385 g/mol. The number of rotatable bonds is 7. The number of halogens is 1. The summed E-state index contributed by atoms with van der Waals surface area (Å²) in [5.41, 5.74) is 1.40. The highest BCUT2D eigenvalue weighted by Gasteiger charge is 2.22. The van der Waals surface area contributed by atoms with Crippen molar-refractivity contribution in [3.63, 3.8) is 0 Å². The largest absolute Gasteiger partial charge is 0.465 e. The Morgan fingerprint density at radius 3 is 2.56 bits per heavy atom. The summed E-state index contributed by atoms with van der Waals surface area (Å²) in [4.78, 5) is 12.0. The maximum absolute atomic E-state index is 14.3. The van der Waals surface area contributed by atoms with Crippen LogP contribution in [0.5, 0.6) is 0 Å². The fourth-order valence-electron chi connectivity index (χ4n) is 2.59. The topological polar surface area (TPSA) is 57.0 Å². The van der Waals surface area contributed by atoms with E-state index in [0.717, 1.165) is 5.56 Å². The second-order valence-electron chi connectivity index (χ2n) is 5.87. The molecule has 3 aromatic rings. The lowest BCUT2D eigenvalue weighted by atomic mass is 10.2. The number of carbonyl (C=O) groups excluding carboxylic acids is 1. The van der Waals surface area contributed by atoms with Gasteiger partial charge in [-0.15, -0.1) is 10.2 Å². The minimum Gasteiger partial charge on any atom is -0.465 e. The van der Waals surface area contributed by atoms with Crippen LogP contribution in [0.25, 0.3) is 11.4 Å². The summed E-state index contributed by atoms with van der Waals surface area (Å²) in [5.74, 6) is -0.256. The fraction of sp³-hybridized carbons (Fsp3) is 0.250. The van der Waals surface area contributed by atoms with Crippen LogP contribution in [0.15, 0.2) is 59.8 Å². The van der Waals surface area contributed by atoms with Gasteiger partial charge in [-0.3, -0.25) is 9.36 Å². The highest BCUT2D eigenvalue weighted by molar-refractivity contribution is 8.00. The molecule has 0 spiro atoms. The molecule has 140 valence electrons. The van der Waals surface area contributed by atoms with Gasteiger partial charge in [-0.1, -0.05) is 54.2 Å². The first-order valence-electron chi connectivity index (χ1n) is 8.65. The summed E-state index contributed by atoms with van der Waals surface area (Å²) >= 11 is 1.25. The van der Waals surface area contributed by atoms with E-state index in [0.29, 0.717) is 29.7 Å². The van der Waals surface area contributed by atoms with Gasteiger partial charge in [-0.05, 0) is 31.5 Å². The predicted octanol–water partition coefficient (Wildman–Crippen LogP) is 4.18. The Morgan fingerprint density at radius 1 is 1.15 bits per heavy atom. The molecule has 0 saturated heterocycles. The van der Waals surface area contributed by atoms with E-state index in [1.54, 1.807) is 32.0 Å². The quantitative estimate of drug-likeness (QED) is 0.451. The predicted molar refractivity (Wildman–Crippen MR) is 103 cm³/mol. The number of aromatic nitrogens is 3. The second kappa shape index (κ2) is 8.81. The van der Waals surface area contributed by atoms with Gasteiger partial charge >= 0.3 is 5.97 Å². The molecule has 0 N–H and O–H groups in total. The van der Waals surface area contributed by atoms with E-state index in [9.17, 15) is 9.18 Å². The minimum atomic E-state index is -0.447. The van der Waals surface area contributed by atoms with Crippen molar-refractivity contribution in [1.82, 2.24) is 14.8 Å². The fourth-order valence-corrected chi connectivity index (χ4v) is 3.44. The first-order chi connectivity index (χ1) is 13.1. The number of hydrogen-bond acceptors (Lipinski definition) is 5. The molecule has 5 nitrogen and oxygen atoms in total. The van der Waals surface area contributed by atoms with Gasteiger partial charge in [0.2, 0.25) is 0 Å². The van der Waals surface area contributed by atoms with Gasteiger partial charge in [0.25, 0.3) is 0 Å². The van der Waals surface area contributed by atoms with Crippen molar-refractivity contribution in [2.75, 3.05) is 6.61 Å². The lowest BCUT2D eigenvalue weighted by molar-refractivity contribution is -0.142. The second-order valence-corrected chi connectivity index (χ2v) is 7.18. The Labute approximate surface area is 161 Å². The first-order valence-corrected chi connectivity index (χ1v) is 9.53. The zero-order chi connectivity index (χ0) is 19.2. The summed E-state index contributed by atoms with van der Waals surface area (Å²) in [7, 11) is 0. The van der Waals surface area contributed by atoms with Crippen molar-refractivity contribution >= 4 is 17.7 Å². The summed E-state index contributed by atoms with van der Waals surface area (Å²) in [6.45, 7) is 4.31. The SMILES string of the molecule is CCOC(=O)C(C)Sc1nnc(-c2ccccc2F)n1Cc1ccccc1. The number of benzene rings is 2. The van der Waals surface area contributed by atoms with E-state index in [1.807, 2.05) is 34.9 Å².